The third-order valence-corrected chi connectivity index (χ3v) is 13.2. The maximum Gasteiger partial charge on any atom is 0.302 e. The van der Waals surface area contributed by atoms with E-state index in [1.165, 1.54) is 12.5 Å². The Bertz CT molecular complexity index is 1260. The zero-order chi connectivity index (χ0) is 35.6. The van der Waals surface area contributed by atoms with Crippen LogP contribution in [0.3, 0.4) is 0 Å². The van der Waals surface area contributed by atoms with Gasteiger partial charge >= 0.3 is 5.97 Å². The van der Waals surface area contributed by atoms with Crippen LogP contribution in [0.25, 0.3) is 0 Å². The van der Waals surface area contributed by atoms with E-state index in [0.717, 1.165) is 32.1 Å². The summed E-state index contributed by atoms with van der Waals surface area (Å²) in [7, 11) is 0. The average molecular weight is 699 g/mol. The third-order valence-electron chi connectivity index (χ3n) is 13.2. The molecule has 6 aliphatic rings. The number of aliphatic hydroxyl groups is 7. The first-order valence-corrected chi connectivity index (χ1v) is 17.8. The van der Waals surface area contributed by atoms with Gasteiger partial charge in [0.05, 0.1) is 18.8 Å². The Labute approximate surface area is 286 Å². The molecule has 0 bridgehead atoms. The first kappa shape index (κ1) is 37.2. The lowest BCUT2D eigenvalue weighted by Gasteiger charge is -2.58. The number of fused-ring (bicyclic) bond motifs is 5. The highest BCUT2D eigenvalue weighted by Gasteiger charge is 2.63. The molecule has 0 amide bonds. The van der Waals surface area contributed by atoms with Crippen molar-refractivity contribution in [2.75, 3.05) is 13.2 Å². The topological polar surface area (TPSA) is 222 Å². The van der Waals surface area contributed by atoms with Crippen LogP contribution in [-0.2, 0) is 33.3 Å². The van der Waals surface area contributed by atoms with Crippen LogP contribution in [0, 0.1) is 34.5 Å². The van der Waals surface area contributed by atoms with Gasteiger partial charge in [-0.3, -0.25) is 9.59 Å². The van der Waals surface area contributed by atoms with Crippen LogP contribution in [0.1, 0.15) is 72.6 Å². The number of rotatable bonds is 8. The van der Waals surface area contributed by atoms with Gasteiger partial charge in [0, 0.05) is 13.3 Å². The van der Waals surface area contributed by atoms with Gasteiger partial charge in [-0.25, -0.2) is 0 Å². The number of ketones is 1. The van der Waals surface area contributed by atoms with Gasteiger partial charge < -0.3 is 59.4 Å². The molecule has 3 saturated carbocycles. The number of allylic oxidation sites excluding steroid dienone is 1. The van der Waals surface area contributed by atoms with E-state index < -0.39 is 92.8 Å². The Kier molecular flexibility index (Phi) is 10.7. The molecule has 2 aliphatic heterocycles. The fraction of sp³-hybridized carbons (Fsp3) is 0.886. The highest BCUT2D eigenvalue weighted by Crippen LogP contribution is 2.67. The summed E-state index contributed by atoms with van der Waals surface area (Å²) >= 11 is 0. The molecule has 0 aromatic heterocycles. The summed E-state index contributed by atoms with van der Waals surface area (Å²) in [5.41, 5.74) is 0.944. The fourth-order valence-electron chi connectivity index (χ4n) is 10.6. The number of aliphatic hydroxyl groups excluding tert-OH is 7. The Morgan fingerprint density at radius 2 is 1.63 bits per heavy atom. The van der Waals surface area contributed by atoms with Gasteiger partial charge in [-0.2, -0.15) is 0 Å². The van der Waals surface area contributed by atoms with Crippen LogP contribution in [-0.4, -0.2) is 134 Å². The normalized spacial score (nSPS) is 50.5. The van der Waals surface area contributed by atoms with Gasteiger partial charge in [-0.15, -0.1) is 0 Å². The van der Waals surface area contributed by atoms with Gasteiger partial charge in [-0.05, 0) is 86.0 Å². The average Bonchev–Trinajstić information content (AvgIpc) is 3.34. The van der Waals surface area contributed by atoms with Crippen LogP contribution in [0.2, 0.25) is 0 Å². The van der Waals surface area contributed by atoms with Gasteiger partial charge in [0.25, 0.3) is 0 Å². The number of carbonyl (C=O) groups excluding carboxylic acids is 2. The summed E-state index contributed by atoms with van der Waals surface area (Å²) in [6.45, 7) is 6.45. The van der Waals surface area contributed by atoms with Gasteiger partial charge in [-0.1, -0.05) is 19.4 Å². The molecule has 7 N–H and O–H groups in total. The fourth-order valence-corrected chi connectivity index (χ4v) is 10.6. The minimum Gasteiger partial charge on any atom is -0.463 e. The number of hydrogen-bond acceptors (Lipinski definition) is 14. The molecular weight excluding hydrogens is 644 g/mol. The van der Waals surface area contributed by atoms with Crippen molar-refractivity contribution < 1.29 is 69.0 Å². The molecule has 14 heteroatoms. The Morgan fingerprint density at radius 3 is 2.33 bits per heavy atom. The minimum absolute atomic E-state index is 0.0362. The van der Waals surface area contributed by atoms with Crippen LogP contribution in [0.5, 0.6) is 0 Å². The van der Waals surface area contributed by atoms with E-state index in [4.69, 9.17) is 23.7 Å². The molecule has 2 saturated heterocycles. The number of hydrogen-bond donors (Lipinski definition) is 7. The van der Waals surface area contributed by atoms with Crippen molar-refractivity contribution in [3.8, 4) is 0 Å². The van der Waals surface area contributed by atoms with Crippen LogP contribution >= 0.6 is 0 Å². The molecule has 14 nitrogen and oxygen atoms in total. The summed E-state index contributed by atoms with van der Waals surface area (Å²) in [6.07, 6.45) is -9.15. The number of carbonyl (C=O) groups is 2. The molecule has 18 unspecified atom stereocenters. The largest absolute Gasteiger partial charge is 0.463 e. The van der Waals surface area contributed by atoms with Gasteiger partial charge in [0.2, 0.25) is 0 Å². The van der Waals surface area contributed by atoms with Gasteiger partial charge in [0.15, 0.2) is 18.4 Å². The van der Waals surface area contributed by atoms with E-state index in [1.807, 2.05) is 13.0 Å². The van der Waals surface area contributed by atoms with Gasteiger partial charge in [0.1, 0.15) is 55.4 Å². The molecule has 18 atom stereocenters. The molecule has 49 heavy (non-hydrogen) atoms. The van der Waals surface area contributed by atoms with Crippen molar-refractivity contribution in [1.29, 1.82) is 0 Å². The van der Waals surface area contributed by atoms with Crippen LogP contribution in [0.4, 0.5) is 0 Å². The standard InChI is InChI=1S/C35H54O14/c1-15(21-12-22(39)25-19-6-5-17-11-18(38)7-9-34(17,3)20(19)8-10-35(21,25)4)46-32-30(44)28(42)31(24(48-32)14-45-16(2)37)49-33-29(43)27(41)26(40)23(13-36)47-33/h11,15,19-33,36,39-44H,5-10,12-14H2,1-4H3. The quantitative estimate of drug-likeness (QED) is 0.162. The molecule has 0 radical (unpaired) electrons. The highest BCUT2D eigenvalue weighted by molar-refractivity contribution is 5.91. The molecule has 6 rings (SSSR count). The molecule has 4 aliphatic carbocycles. The Balaban J connectivity index is 1.17. The van der Waals surface area contributed by atoms with Crippen molar-refractivity contribution >= 4 is 11.8 Å². The predicted molar refractivity (Wildman–Crippen MR) is 168 cm³/mol. The molecule has 278 valence electrons. The summed E-state index contributed by atoms with van der Waals surface area (Å²) in [5, 5.41) is 74.6. The van der Waals surface area contributed by atoms with Crippen LogP contribution < -0.4 is 0 Å². The van der Waals surface area contributed by atoms with E-state index in [9.17, 15) is 45.3 Å². The first-order chi connectivity index (χ1) is 23.1. The number of esters is 1. The summed E-state index contributed by atoms with van der Waals surface area (Å²) in [6, 6.07) is 0. The maximum atomic E-state index is 12.2. The second kappa shape index (κ2) is 14.1. The Hall–Kier alpha value is -1.56. The van der Waals surface area contributed by atoms with E-state index in [0.29, 0.717) is 24.7 Å². The smallest absolute Gasteiger partial charge is 0.302 e. The molecule has 5 fully saturated rings. The zero-order valence-corrected chi connectivity index (χ0v) is 28.7. The second-order valence-electron chi connectivity index (χ2n) is 15.8. The lowest BCUT2D eigenvalue weighted by atomic mass is 9.46. The van der Waals surface area contributed by atoms with E-state index in [1.54, 1.807) is 0 Å². The highest BCUT2D eigenvalue weighted by atomic mass is 16.7. The van der Waals surface area contributed by atoms with E-state index in [-0.39, 0.29) is 28.4 Å². The SMILES string of the molecule is CC(=O)OCC1OC(OC(C)C2CC(O)C3C4CCC5=CC(=O)CCC5(C)C4CCC23C)C(O)C(O)C1OC1OC(CO)C(O)C(O)C1O. The van der Waals surface area contributed by atoms with Crippen LogP contribution in [0.15, 0.2) is 11.6 Å². The minimum atomic E-state index is -1.78. The summed E-state index contributed by atoms with van der Waals surface area (Å²) < 4.78 is 28.8. The van der Waals surface area contributed by atoms with Crippen molar-refractivity contribution in [2.45, 2.75) is 146 Å². The maximum absolute atomic E-state index is 12.2. The van der Waals surface area contributed by atoms with E-state index in [2.05, 4.69) is 13.8 Å². The molecular formula is C35H54O14. The number of ether oxygens (including phenoxy) is 5. The zero-order valence-electron chi connectivity index (χ0n) is 28.7. The third kappa shape index (κ3) is 6.54. The Morgan fingerprint density at radius 1 is 0.939 bits per heavy atom. The second-order valence-corrected chi connectivity index (χ2v) is 15.8. The lowest BCUT2D eigenvalue weighted by Crippen LogP contribution is -2.65. The lowest BCUT2D eigenvalue weighted by molar-refractivity contribution is -0.364. The molecule has 0 spiro atoms. The van der Waals surface area contributed by atoms with Crippen molar-refractivity contribution in [2.24, 2.45) is 34.5 Å². The summed E-state index contributed by atoms with van der Waals surface area (Å²) in [5.74, 6) is 0.175. The van der Waals surface area contributed by atoms with Crippen molar-refractivity contribution in [3.05, 3.63) is 11.6 Å². The first-order valence-electron chi connectivity index (χ1n) is 17.8. The van der Waals surface area contributed by atoms with E-state index >= 15 is 0 Å². The predicted octanol–water partition coefficient (Wildman–Crippen LogP) is -0.295. The molecule has 0 aromatic rings. The van der Waals surface area contributed by atoms with Crippen molar-refractivity contribution in [3.63, 3.8) is 0 Å². The van der Waals surface area contributed by atoms with Crippen molar-refractivity contribution in [1.82, 2.24) is 0 Å². The summed E-state index contributed by atoms with van der Waals surface area (Å²) in [4.78, 5) is 24.0. The molecule has 0 aromatic carbocycles. The monoisotopic (exact) mass is 698 g/mol. The molecule has 2 heterocycles.